The molecule has 0 spiro atoms. The molecule has 228 valence electrons. The van der Waals surface area contributed by atoms with Gasteiger partial charge in [0.1, 0.15) is 11.9 Å². The number of morpholine rings is 1. The van der Waals surface area contributed by atoms with E-state index in [2.05, 4.69) is 22.0 Å². The molecular formula is C31H42N4O7. The number of carbonyl (C=O) groups is 2. The number of fused-ring (bicyclic) bond motifs is 2. The van der Waals surface area contributed by atoms with E-state index < -0.39 is 0 Å². The molecule has 3 atom stereocenters. The van der Waals surface area contributed by atoms with E-state index in [9.17, 15) is 14.7 Å². The molecule has 0 bridgehead atoms. The zero-order chi connectivity index (χ0) is 29.6. The van der Waals surface area contributed by atoms with Crippen molar-refractivity contribution >= 4 is 17.5 Å². The van der Waals surface area contributed by atoms with Gasteiger partial charge < -0.3 is 34.3 Å². The van der Waals surface area contributed by atoms with Gasteiger partial charge in [-0.15, -0.1) is 0 Å². The molecule has 2 N–H and O–H groups in total. The minimum absolute atomic E-state index is 0.00475. The number of ether oxygens (including phenoxy) is 4. The topological polar surface area (TPSA) is 113 Å². The predicted octanol–water partition coefficient (Wildman–Crippen LogP) is 2.43. The fraction of sp³-hybridized carbons (Fsp3) is 0.548. The summed E-state index contributed by atoms with van der Waals surface area (Å²) in [7, 11) is 2.04. The second kappa shape index (κ2) is 13.7. The van der Waals surface area contributed by atoms with Crippen LogP contribution in [0.3, 0.4) is 0 Å². The number of nitrogens with one attached hydrogen (secondary N) is 1. The van der Waals surface area contributed by atoms with Crippen molar-refractivity contribution in [3.05, 3.63) is 47.5 Å². The van der Waals surface area contributed by atoms with E-state index >= 15 is 0 Å². The van der Waals surface area contributed by atoms with Crippen molar-refractivity contribution in [3.63, 3.8) is 0 Å². The van der Waals surface area contributed by atoms with Crippen LogP contribution in [0.15, 0.2) is 36.4 Å². The minimum Gasteiger partial charge on any atom is -0.488 e. The molecule has 1 saturated heterocycles. The largest absolute Gasteiger partial charge is 0.488 e. The van der Waals surface area contributed by atoms with Gasteiger partial charge in [-0.25, -0.2) is 0 Å². The molecule has 2 aromatic rings. The number of nitrogens with zero attached hydrogens (tertiary/aromatic N) is 3. The van der Waals surface area contributed by atoms with Crippen LogP contribution in [0.2, 0.25) is 0 Å². The number of likely N-dealkylation sites (N-methyl/N-ethyl adjacent to an activating group) is 1. The highest BCUT2D eigenvalue weighted by Gasteiger charge is 2.33. The summed E-state index contributed by atoms with van der Waals surface area (Å²) >= 11 is 0. The van der Waals surface area contributed by atoms with Gasteiger partial charge in [-0.2, -0.15) is 0 Å². The summed E-state index contributed by atoms with van der Waals surface area (Å²) in [6, 6.07) is 10.8. The Hall–Kier alpha value is -3.38. The van der Waals surface area contributed by atoms with Crippen molar-refractivity contribution in [1.82, 2.24) is 14.7 Å². The first-order valence-electron chi connectivity index (χ1n) is 14.7. The fourth-order valence-corrected chi connectivity index (χ4v) is 5.55. The summed E-state index contributed by atoms with van der Waals surface area (Å²) in [6.07, 6.45) is 0.128. The third-order valence-corrected chi connectivity index (χ3v) is 8.09. The van der Waals surface area contributed by atoms with Gasteiger partial charge in [-0.3, -0.25) is 19.4 Å². The Bertz CT molecular complexity index is 1250. The van der Waals surface area contributed by atoms with Crippen LogP contribution in [-0.2, 0) is 16.1 Å². The lowest BCUT2D eigenvalue weighted by molar-refractivity contribution is -0.116. The van der Waals surface area contributed by atoms with Crippen molar-refractivity contribution in [3.8, 4) is 17.2 Å². The SMILES string of the molecule is C[C@H]1CN([C@@H](C)CO)C(=O)c2cc(NC(=O)CCN3CCOCC3)ccc2O[C@H]1CN(C)Cc1ccc2c(c1)OCO2. The number of rotatable bonds is 10. The second-order valence-corrected chi connectivity index (χ2v) is 11.5. The maximum atomic E-state index is 13.7. The van der Waals surface area contributed by atoms with Gasteiger partial charge >= 0.3 is 0 Å². The molecule has 0 saturated carbocycles. The van der Waals surface area contributed by atoms with Crippen LogP contribution >= 0.6 is 0 Å². The average molecular weight is 583 g/mol. The van der Waals surface area contributed by atoms with E-state index in [1.807, 2.05) is 32.2 Å². The first-order chi connectivity index (χ1) is 20.3. The molecule has 0 aliphatic carbocycles. The van der Waals surface area contributed by atoms with Gasteiger partial charge in [-0.1, -0.05) is 13.0 Å². The molecule has 0 radical (unpaired) electrons. The van der Waals surface area contributed by atoms with Crippen molar-refractivity contribution in [2.75, 3.05) is 71.7 Å². The molecule has 11 nitrogen and oxygen atoms in total. The molecule has 2 amide bonds. The average Bonchev–Trinajstić information content (AvgIpc) is 3.46. The van der Waals surface area contributed by atoms with Gasteiger partial charge in [-0.05, 0) is 49.9 Å². The Balaban J connectivity index is 1.30. The highest BCUT2D eigenvalue weighted by molar-refractivity contribution is 6.00. The van der Waals surface area contributed by atoms with Crippen LogP contribution in [0.4, 0.5) is 5.69 Å². The van der Waals surface area contributed by atoms with Crippen molar-refractivity contribution in [2.45, 2.75) is 39.0 Å². The van der Waals surface area contributed by atoms with Crippen molar-refractivity contribution in [2.24, 2.45) is 5.92 Å². The van der Waals surface area contributed by atoms with E-state index in [1.165, 1.54) is 0 Å². The minimum atomic E-state index is -0.371. The number of aliphatic hydroxyl groups excluding tert-OH is 1. The summed E-state index contributed by atoms with van der Waals surface area (Å²) in [6.45, 7) is 9.39. The van der Waals surface area contributed by atoms with E-state index in [4.69, 9.17) is 18.9 Å². The van der Waals surface area contributed by atoms with Crippen molar-refractivity contribution in [1.29, 1.82) is 0 Å². The molecule has 3 aliphatic heterocycles. The maximum absolute atomic E-state index is 13.7. The lowest BCUT2D eigenvalue weighted by atomic mass is 9.99. The van der Waals surface area contributed by atoms with Gasteiger partial charge in [0.05, 0.1) is 31.4 Å². The number of amides is 2. The smallest absolute Gasteiger partial charge is 0.258 e. The molecule has 2 aromatic carbocycles. The van der Waals surface area contributed by atoms with Gasteiger partial charge in [0.15, 0.2) is 11.5 Å². The summed E-state index contributed by atoms with van der Waals surface area (Å²) in [5, 5.41) is 12.9. The summed E-state index contributed by atoms with van der Waals surface area (Å²) in [4.78, 5) is 32.6. The number of hydrogen-bond donors (Lipinski definition) is 2. The van der Waals surface area contributed by atoms with Crippen LogP contribution in [0.1, 0.15) is 36.2 Å². The predicted molar refractivity (Wildman–Crippen MR) is 157 cm³/mol. The van der Waals surface area contributed by atoms with E-state index in [-0.39, 0.29) is 43.3 Å². The normalized spacial score (nSPS) is 21.4. The van der Waals surface area contributed by atoms with Gasteiger partial charge in [0.25, 0.3) is 5.91 Å². The third kappa shape index (κ3) is 7.33. The first-order valence-corrected chi connectivity index (χ1v) is 14.7. The number of aliphatic hydroxyl groups is 1. The van der Waals surface area contributed by atoms with E-state index in [0.29, 0.717) is 62.8 Å². The quantitative estimate of drug-likeness (QED) is 0.436. The van der Waals surface area contributed by atoms with Crippen LogP contribution in [0.25, 0.3) is 0 Å². The summed E-state index contributed by atoms with van der Waals surface area (Å²) < 4.78 is 22.9. The molecule has 11 heteroatoms. The van der Waals surface area contributed by atoms with E-state index in [0.717, 1.165) is 30.2 Å². The van der Waals surface area contributed by atoms with E-state index in [1.54, 1.807) is 23.1 Å². The van der Waals surface area contributed by atoms with Crippen LogP contribution in [-0.4, -0.2) is 110 Å². The molecule has 5 rings (SSSR count). The summed E-state index contributed by atoms with van der Waals surface area (Å²) in [5.41, 5.74) is 2.01. The Morgan fingerprint density at radius 3 is 2.67 bits per heavy atom. The fourth-order valence-electron chi connectivity index (χ4n) is 5.55. The monoisotopic (exact) mass is 582 g/mol. The third-order valence-electron chi connectivity index (χ3n) is 8.09. The van der Waals surface area contributed by atoms with Crippen LogP contribution in [0.5, 0.6) is 17.2 Å². The van der Waals surface area contributed by atoms with Crippen LogP contribution < -0.4 is 19.5 Å². The standard InChI is InChI=1S/C31H42N4O7/c1-21-16-35(22(2)19-36)31(38)25-15-24(32-30(37)8-9-34-10-12-39-13-11-34)5-7-26(25)42-29(21)18-33(3)17-23-4-6-27-28(14-23)41-20-40-27/h4-7,14-15,21-22,29,36H,8-13,16-20H2,1-3H3,(H,32,37)/t21-,22-,29-/m0/s1. The van der Waals surface area contributed by atoms with Gasteiger partial charge in [0.2, 0.25) is 12.7 Å². The first kappa shape index (κ1) is 30.1. The molecular weight excluding hydrogens is 540 g/mol. The Morgan fingerprint density at radius 1 is 1.12 bits per heavy atom. The molecule has 3 heterocycles. The number of benzene rings is 2. The molecule has 3 aliphatic rings. The molecule has 0 aromatic heterocycles. The van der Waals surface area contributed by atoms with Gasteiger partial charge in [0, 0.05) is 57.3 Å². The zero-order valence-electron chi connectivity index (χ0n) is 24.7. The Labute approximate surface area is 247 Å². The number of anilines is 1. The van der Waals surface area contributed by atoms with Crippen molar-refractivity contribution < 1.29 is 33.6 Å². The number of hydrogen-bond acceptors (Lipinski definition) is 9. The lowest BCUT2D eigenvalue weighted by Gasteiger charge is -2.38. The zero-order valence-corrected chi connectivity index (χ0v) is 24.7. The highest BCUT2D eigenvalue weighted by Crippen LogP contribution is 2.33. The van der Waals surface area contributed by atoms with Crippen LogP contribution in [0, 0.1) is 5.92 Å². The molecule has 1 fully saturated rings. The molecule has 42 heavy (non-hydrogen) atoms. The Morgan fingerprint density at radius 2 is 1.88 bits per heavy atom. The molecule has 0 unspecified atom stereocenters. The number of carbonyl (C=O) groups excluding carboxylic acids is 2. The Kier molecular flexibility index (Phi) is 9.84. The summed E-state index contributed by atoms with van der Waals surface area (Å²) in [5.74, 6) is 1.63. The lowest BCUT2D eigenvalue weighted by Crippen LogP contribution is -2.49. The highest BCUT2D eigenvalue weighted by atomic mass is 16.7. The second-order valence-electron chi connectivity index (χ2n) is 11.5. The maximum Gasteiger partial charge on any atom is 0.258 e.